The first kappa shape index (κ1) is 13.1. The molecule has 2 aromatic carbocycles. The van der Waals surface area contributed by atoms with Crippen LogP contribution in [0.2, 0.25) is 0 Å². The van der Waals surface area contributed by atoms with Crippen LogP contribution in [0.4, 0.5) is 10.1 Å². The molecule has 0 aliphatic rings. The van der Waals surface area contributed by atoms with Crippen molar-refractivity contribution >= 4 is 11.6 Å². The zero-order valence-electron chi connectivity index (χ0n) is 10.7. The molecule has 1 amide bonds. The van der Waals surface area contributed by atoms with Crippen molar-refractivity contribution in [3.05, 3.63) is 59.4 Å². The van der Waals surface area contributed by atoms with Gasteiger partial charge in [0, 0.05) is 5.69 Å². The van der Waals surface area contributed by atoms with Gasteiger partial charge in [0.05, 0.1) is 7.11 Å². The minimum atomic E-state index is -0.607. The molecular weight excluding hydrogens is 245 g/mol. The summed E-state index contributed by atoms with van der Waals surface area (Å²) in [4.78, 5) is 12.1. The number of aryl methyl sites for hydroxylation is 1. The van der Waals surface area contributed by atoms with E-state index in [0.717, 1.165) is 5.56 Å². The van der Waals surface area contributed by atoms with E-state index < -0.39 is 11.7 Å². The topological polar surface area (TPSA) is 38.3 Å². The van der Waals surface area contributed by atoms with Crippen molar-refractivity contribution in [2.45, 2.75) is 6.92 Å². The van der Waals surface area contributed by atoms with Gasteiger partial charge in [0.1, 0.15) is 17.1 Å². The monoisotopic (exact) mass is 259 g/mol. The number of rotatable bonds is 3. The van der Waals surface area contributed by atoms with Crippen LogP contribution in [0.1, 0.15) is 15.9 Å². The largest absolute Gasteiger partial charge is 0.496 e. The molecule has 0 unspecified atom stereocenters. The minimum absolute atomic E-state index is 0.0921. The Bertz CT molecular complexity index is 594. The van der Waals surface area contributed by atoms with Gasteiger partial charge in [0.15, 0.2) is 0 Å². The van der Waals surface area contributed by atoms with E-state index in [1.54, 1.807) is 18.2 Å². The molecular formula is C15H14FNO2. The van der Waals surface area contributed by atoms with Gasteiger partial charge >= 0.3 is 0 Å². The fourth-order valence-corrected chi connectivity index (χ4v) is 1.73. The number of carbonyl (C=O) groups is 1. The number of methoxy groups -OCH3 is 1. The number of hydrogen-bond acceptors (Lipinski definition) is 2. The number of amides is 1. The third-order valence-electron chi connectivity index (χ3n) is 2.73. The second-order valence-electron chi connectivity index (χ2n) is 4.14. The average molecular weight is 259 g/mol. The predicted octanol–water partition coefficient (Wildman–Crippen LogP) is 3.40. The highest BCUT2D eigenvalue weighted by Crippen LogP contribution is 2.22. The summed E-state index contributed by atoms with van der Waals surface area (Å²) in [6.45, 7) is 1.95. The van der Waals surface area contributed by atoms with E-state index in [-0.39, 0.29) is 11.3 Å². The Morgan fingerprint density at radius 2 is 1.84 bits per heavy atom. The zero-order valence-corrected chi connectivity index (χ0v) is 10.7. The van der Waals surface area contributed by atoms with Crippen LogP contribution < -0.4 is 10.1 Å². The summed E-state index contributed by atoms with van der Waals surface area (Å²) < 4.78 is 18.7. The lowest BCUT2D eigenvalue weighted by atomic mass is 10.1. The van der Waals surface area contributed by atoms with Crippen molar-refractivity contribution in [3.63, 3.8) is 0 Å². The first-order chi connectivity index (χ1) is 9.11. The van der Waals surface area contributed by atoms with Crippen LogP contribution in [0.3, 0.4) is 0 Å². The van der Waals surface area contributed by atoms with Crippen LogP contribution in [0.25, 0.3) is 0 Å². The SMILES string of the molecule is COc1cccc(F)c1C(=O)Nc1ccc(C)cc1. The van der Waals surface area contributed by atoms with Crippen LogP contribution in [-0.2, 0) is 0 Å². The molecule has 0 saturated heterocycles. The van der Waals surface area contributed by atoms with Crippen LogP contribution >= 0.6 is 0 Å². The lowest BCUT2D eigenvalue weighted by Gasteiger charge is -2.10. The number of benzene rings is 2. The van der Waals surface area contributed by atoms with Crippen molar-refractivity contribution < 1.29 is 13.9 Å². The molecule has 2 aromatic rings. The Morgan fingerprint density at radius 1 is 1.16 bits per heavy atom. The maximum absolute atomic E-state index is 13.7. The molecule has 0 aliphatic carbocycles. The van der Waals surface area contributed by atoms with Gasteiger partial charge < -0.3 is 10.1 Å². The molecule has 0 bridgehead atoms. The lowest BCUT2D eigenvalue weighted by molar-refractivity contribution is 0.102. The number of carbonyl (C=O) groups excluding carboxylic acids is 1. The molecule has 0 saturated carbocycles. The molecule has 1 N–H and O–H groups in total. The third-order valence-corrected chi connectivity index (χ3v) is 2.73. The highest BCUT2D eigenvalue weighted by Gasteiger charge is 2.17. The molecule has 0 atom stereocenters. The zero-order chi connectivity index (χ0) is 13.8. The average Bonchev–Trinajstić information content (AvgIpc) is 2.40. The molecule has 3 nitrogen and oxygen atoms in total. The van der Waals surface area contributed by atoms with Crippen molar-refractivity contribution in [2.24, 2.45) is 0 Å². The van der Waals surface area contributed by atoms with Gasteiger partial charge in [-0.3, -0.25) is 4.79 Å². The summed E-state index contributed by atoms with van der Waals surface area (Å²) in [6, 6.07) is 11.5. The van der Waals surface area contributed by atoms with Crippen molar-refractivity contribution in [1.82, 2.24) is 0 Å². The molecule has 4 heteroatoms. The van der Waals surface area contributed by atoms with Gasteiger partial charge in [-0.15, -0.1) is 0 Å². The molecule has 0 radical (unpaired) electrons. The van der Waals surface area contributed by atoms with Crippen LogP contribution in [0.5, 0.6) is 5.75 Å². The quantitative estimate of drug-likeness (QED) is 0.917. The van der Waals surface area contributed by atoms with Crippen LogP contribution in [0, 0.1) is 12.7 Å². The van der Waals surface area contributed by atoms with Crippen LogP contribution in [-0.4, -0.2) is 13.0 Å². The van der Waals surface area contributed by atoms with E-state index in [2.05, 4.69) is 5.32 Å². The van der Waals surface area contributed by atoms with Gasteiger partial charge in [0.2, 0.25) is 0 Å². The standard InChI is InChI=1S/C15H14FNO2/c1-10-6-8-11(9-7-10)17-15(18)14-12(16)4-3-5-13(14)19-2/h3-9H,1-2H3,(H,17,18). The summed E-state index contributed by atoms with van der Waals surface area (Å²) >= 11 is 0. The molecule has 98 valence electrons. The Hall–Kier alpha value is -2.36. The smallest absolute Gasteiger partial charge is 0.262 e. The molecule has 0 aliphatic heterocycles. The summed E-state index contributed by atoms with van der Waals surface area (Å²) in [5.74, 6) is -0.924. The maximum atomic E-state index is 13.7. The summed E-state index contributed by atoms with van der Waals surface area (Å²) in [7, 11) is 1.40. The van der Waals surface area contributed by atoms with Gasteiger partial charge in [0.25, 0.3) is 5.91 Å². The predicted molar refractivity (Wildman–Crippen MR) is 72.1 cm³/mol. The number of hydrogen-bond donors (Lipinski definition) is 1. The third kappa shape index (κ3) is 2.91. The molecule has 2 rings (SSSR count). The summed E-state index contributed by atoms with van der Waals surface area (Å²) in [5, 5.41) is 2.64. The highest BCUT2D eigenvalue weighted by molar-refractivity contribution is 6.06. The highest BCUT2D eigenvalue weighted by atomic mass is 19.1. The van der Waals surface area contributed by atoms with Crippen molar-refractivity contribution in [2.75, 3.05) is 12.4 Å². The van der Waals surface area contributed by atoms with E-state index in [0.29, 0.717) is 5.69 Å². The molecule has 0 fully saturated rings. The minimum Gasteiger partial charge on any atom is -0.496 e. The number of ether oxygens (including phenoxy) is 1. The number of halogens is 1. The normalized spacial score (nSPS) is 10.1. The van der Waals surface area contributed by atoms with Crippen molar-refractivity contribution in [1.29, 1.82) is 0 Å². The first-order valence-corrected chi connectivity index (χ1v) is 5.82. The van der Waals surface area contributed by atoms with Crippen LogP contribution in [0.15, 0.2) is 42.5 Å². The van der Waals surface area contributed by atoms with Gasteiger partial charge in [-0.25, -0.2) is 4.39 Å². The molecule has 0 aromatic heterocycles. The second kappa shape index (κ2) is 5.52. The Morgan fingerprint density at radius 3 is 2.47 bits per heavy atom. The molecule has 0 heterocycles. The number of anilines is 1. The number of nitrogens with one attached hydrogen (secondary N) is 1. The Balaban J connectivity index is 2.27. The Labute approximate surface area is 111 Å². The fraction of sp³-hybridized carbons (Fsp3) is 0.133. The van der Waals surface area contributed by atoms with E-state index in [9.17, 15) is 9.18 Å². The van der Waals surface area contributed by atoms with E-state index in [4.69, 9.17) is 4.74 Å². The van der Waals surface area contributed by atoms with E-state index in [1.165, 1.54) is 19.2 Å². The lowest BCUT2D eigenvalue weighted by Crippen LogP contribution is -2.15. The molecule has 0 spiro atoms. The summed E-state index contributed by atoms with van der Waals surface area (Å²) in [6.07, 6.45) is 0. The van der Waals surface area contributed by atoms with E-state index in [1.807, 2.05) is 19.1 Å². The van der Waals surface area contributed by atoms with Gasteiger partial charge in [-0.05, 0) is 31.2 Å². The first-order valence-electron chi connectivity index (χ1n) is 5.82. The molecule has 19 heavy (non-hydrogen) atoms. The fourth-order valence-electron chi connectivity index (χ4n) is 1.73. The van der Waals surface area contributed by atoms with E-state index >= 15 is 0 Å². The van der Waals surface area contributed by atoms with Gasteiger partial charge in [-0.2, -0.15) is 0 Å². The summed E-state index contributed by atoms with van der Waals surface area (Å²) in [5.41, 5.74) is 1.60. The Kier molecular flexibility index (Phi) is 3.80. The second-order valence-corrected chi connectivity index (χ2v) is 4.14. The van der Waals surface area contributed by atoms with Crippen molar-refractivity contribution in [3.8, 4) is 5.75 Å². The van der Waals surface area contributed by atoms with Gasteiger partial charge in [-0.1, -0.05) is 23.8 Å². The maximum Gasteiger partial charge on any atom is 0.262 e.